The van der Waals surface area contributed by atoms with Crippen molar-refractivity contribution in [2.75, 3.05) is 14.1 Å². The minimum absolute atomic E-state index is 0.0416. The quantitative estimate of drug-likeness (QED) is 0.368. The molecule has 11 nitrogen and oxygen atoms in total. The SMILES string of the molecule is CN(C)[C@H]1C(=O)C(C(N)=O)C(=O)[C@]2(O)C(=O)C3C(=O)c4c(O)ccc(CNC(=O)c5ccccc5)c4C[C@@H]3C[C@H]12. The molecule has 2 aromatic rings. The molecular weight excluding hydrogens is 518 g/mol. The number of nitrogens with two attached hydrogens (primary N) is 1. The third kappa shape index (κ3) is 3.96. The molecule has 0 aliphatic heterocycles. The summed E-state index contributed by atoms with van der Waals surface area (Å²) in [6, 6.07) is 10.3. The molecule has 6 atom stereocenters. The number of aromatic hydroxyl groups is 1. The molecule has 0 spiro atoms. The number of carbonyl (C=O) groups is 6. The zero-order chi connectivity index (χ0) is 29.1. The Labute approximate surface area is 229 Å². The molecule has 2 amide bonds. The van der Waals surface area contributed by atoms with Gasteiger partial charge >= 0.3 is 0 Å². The fourth-order valence-electron chi connectivity index (χ4n) is 6.70. The van der Waals surface area contributed by atoms with Gasteiger partial charge in [-0.1, -0.05) is 24.3 Å². The van der Waals surface area contributed by atoms with Crippen molar-refractivity contribution in [3.63, 3.8) is 0 Å². The maximum atomic E-state index is 13.8. The first kappa shape index (κ1) is 27.4. The molecule has 0 saturated heterocycles. The molecule has 0 heterocycles. The third-order valence-electron chi connectivity index (χ3n) is 8.52. The maximum Gasteiger partial charge on any atom is 0.251 e. The number of nitrogens with zero attached hydrogens (tertiary/aromatic N) is 1. The van der Waals surface area contributed by atoms with Crippen molar-refractivity contribution in [3.8, 4) is 5.75 Å². The highest BCUT2D eigenvalue weighted by atomic mass is 16.3. The summed E-state index contributed by atoms with van der Waals surface area (Å²) < 4.78 is 0. The number of primary amides is 1. The van der Waals surface area contributed by atoms with E-state index in [4.69, 9.17) is 5.73 Å². The summed E-state index contributed by atoms with van der Waals surface area (Å²) in [5.41, 5.74) is 3.90. The van der Waals surface area contributed by atoms with Gasteiger partial charge in [0.05, 0.1) is 17.5 Å². The van der Waals surface area contributed by atoms with Crippen molar-refractivity contribution in [1.29, 1.82) is 0 Å². The molecule has 2 unspecified atom stereocenters. The van der Waals surface area contributed by atoms with E-state index in [-0.39, 0.29) is 36.6 Å². The second-order valence-electron chi connectivity index (χ2n) is 10.9. The number of nitrogens with one attached hydrogen (secondary N) is 1. The second-order valence-corrected chi connectivity index (χ2v) is 10.9. The number of amides is 2. The normalized spacial score (nSPS) is 29.4. The van der Waals surface area contributed by atoms with Crippen LogP contribution in [0, 0.1) is 23.7 Å². The smallest absolute Gasteiger partial charge is 0.251 e. The van der Waals surface area contributed by atoms with Gasteiger partial charge in [-0.3, -0.25) is 33.7 Å². The molecule has 2 aromatic carbocycles. The van der Waals surface area contributed by atoms with Crippen molar-refractivity contribution < 1.29 is 39.0 Å². The summed E-state index contributed by atoms with van der Waals surface area (Å²) >= 11 is 0. The largest absolute Gasteiger partial charge is 0.507 e. The zero-order valence-corrected chi connectivity index (χ0v) is 21.9. The lowest BCUT2D eigenvalue weighted by atomic mass is 9.52. The van der Waals surface area contributed by atoms with Crippen molar-refractivity contribution >= 4 is 34.9 Å². The maximum absolute atomic E-state index is 13.8. The summed E-state index contributed by atoms with van der Waals surface area (Å²) in [4.78, 5) is 80.2. The van der Waals surface area contributed by atoms with Gasteiger partial charge in [-0.2, -0.15) is 0 Å². The van der Waals surface area contributed by atoms with Gasteiger partial charge in [0, 0.05) is 18.0 Å². The Hall–Kier alpha value is -4.22. The van der Waals surface area contributed by atoms with Crippen molar-refractivity contribution in [1.82, 2.24) is 10.2 Å². The van der Waals surface area contributed by atoms with Gasteiger partial charge in [-0.05, 0) is 62.2 Å². The average molecular weight is 548 g/mol. The van der Waals surface area contributed by atoms with Crippen molar-refractivity contribution in [3.05, 3.63) is 64.7 Å². The Morgan fingerprint density at radius 1 is 1.05 bits per heavy atom. The van der Waals surface area contributed by atoms with Gasteiger partial charge in [0.25, 0.3) is 5.91 Å². The Kier molecular flexibility index (Phi) is 6.67. The van der Waals surface area contributed by atoms with Crippen molar-refractivity contribution in [2.45, 2.75) is 31.0 Å². The standard InChI is InChI=1S/C29H29N3O8/c1-32(2)22-17-11-15-10-16-14(12-31-28(39)13-6-4-3-5-7-13)8-9-18(33)20(16)23(34)19(15)25(36)29(17,40)26(37)21(24(22)35)27(30)38/h3-9,15,17,19,21-22,33,40H,10-12H2,1-2H3,(H2,30,38)(H,31,39)/t15-,17-,19?,21?,22-,29-/m1/s1. The van der Waals surface area contributed by atoms with Crippen LogP contribution in [-0.4, -0.2) is 75.8 Å². The van der Waals surface area contributed by atoms with Crippen LogP contribution in [0.1, 0.15) is 38.3 Å². The highest BCUT2D eigenvalue weighted by Crippen LogP contribution is 2.51. The predicted octanol–water partition coefficient (Wildman–Crippen LogP) is -0.203. The minimum Gasteiger partial charge on any atom is -0.507 e. The molecule has 3 aliphatic rings. The van der Waals surface area contributed by atoms with Crippen LogP contribution in [0.4, 0.5) is 0 Å². The van der Waals surface area contributed by atoms with E-state index >= 15 is 0 Å². The van der Waals surface area contributed by atoms with Crippen LogP contribution in [-0.2, 0) is 32.1 Å². The van der Waals surface area contributed by atoms with Crippen LogP contribution in [0.5, 0.6) is 5.75 Å². The minimum atomic E-state index is -2.77. The van der Waals surface area contributed by atoms with Gasteiger partial charge in [0.2, 0.25) is 5.91 Å². The molecule has 2 saturated carbocycles. The number of rotatable bonds is 5. The number of phenols is 1. The number of Topliss-reactive ketones (excluding diaryl/α,β-unsaturated/α-hetero) is 4. The molecule has 0 bridgehead atoms. The van der Waals surface area contributed by atoms with E-state index in [1.54, 1.807) is 36.4 Å². The summed E-state index contributed by atoms with van der Waals surface area (Å²) in [5, 5.41) is 25.1. The van der Waals surface area contributed by atoms with Crippen LogP contribution >= 0.6 is 0 Å². The van der Waals surface area contributed by atoms with Gasteiger partial charge in [-0.15, -0.1) is 0 Å². The van der Waals surface area contributed by atoms with Crippen LogP contribution in [0.3, 0.4) is 0 Å². The number of carbonyl (C=O) groups excluding carboxylic acids is 6. The third-order valence-corrected chi connectivity index (χ3v) is 8.52. The Morgan fingerprint density at radius 2 is 1.73 bits per heavy atom. The number of benzene rings is 2. The van der Waals surface area contributed by atoms with Gasteiger partial charge in [0.1, 0.15) is 5.75 Å². The number of aliphatic hydroxyl groups is 1. The number of ketones is 4. The number of hydrogen-bond acceptors (Lipinski definition) is 9. The molecule has 2 fully saturated rings. The van der Waals surface area contributed by atoms with Crippen LogP contribution in [0.15, 0.2) is 42.5 Å². The number of likely N-dealkylation sites (N-methyl/N-ethyl adjacent to an activating group) is 1. The Bertz CT molecular complexity index is 1470. The first-order valence-corrected chi connectivity index (χ1v) is 12.9. The number of fused-ring (bicyclic) bond motifs is 3. The second kappa shape index (κ2) is 9.76. The summed E-state index contributed by atoms with van der Waals surface area (Å²) in [7, 11) is 3.06. The van der Waals surface area contributed by atoms with E-state index < -0.39 is 64.4 Å². The van der Waals surface area contributed by atoms with E-state index in [0.29, 0.717) is 16.7 Å². The first-order valence-electron chi connectivity index (χ1n) is 12.9. The van der Waals surface area contributed by atoms with Gasteiger partial charge in [0.15, 0.2) is 34.7 Å². The van der Waals surface area contributed by atoms with E-state index in [0.717, 1.165) is 0 Å². The summed E-state index contributed by atoms with van der Waals surface area (Å²) in [6.45, 7) is 0.0416. The van der Waals surface area contributed by atoms with E-state index in [2.05, 4.69) is 5.32 Å². The lowest BCUT2D eigenvalue weighted by molar-refractivity contribution is -0.181. The van der Waals surface area contributed by atoms with Crippen molar-refractivity contribution in [2.24, 2.45) is 29.4 Å². The number of phenolic OH excluding ortho intramolecular Hbond substituents is 1. The first-order chi connectivity index (χ1) is 18.9. The predicted molar refractivity (Wildman–Crippen MR) is 139 cm³/mol. The van der Waals surface area contributed by atoms with Crippen LogP contribution in [0.25, 0.3) is 0 Å². The molecule has 5 rings (SSSR count). The number of hydrogen-bond donors (Lipinski definition) is 4. The highest BCUT2D eigenvalue weighted by molar-refractivity contribution is 6.32. The van der Waals surface area contributed by atoms with Gasteiger partial charge < -0.3 is 21.3 Å². The van der Waals surface area contributed by atoms with E-state index in [9.17, 15) is 39.0 Å². The van der Waals surface area contributed by atoms with E-state index in [1.807, 2.05) is 0 Å². The van der Waals surface area contributed by atoms with Gasteiger partial charge in [-0.25, -0.2) is 0 Å². The Balaban J connectivity index is 1.53. The summed E-state index contributed by atoms with van der Waals surface area (Å²) in [5.74, 6) is -11.3. The zero-order valence-electron chi connectivity index (χ0n) is 21.9. The lowest BCUT2D eigenvalue weighted by Crippen LogP contribution is -2.74. The molecule has 5 N–H and O–H groups in total. The fourth-order valence-corrected chi connectivity index (χ4v) is 6.70. The molecule has 0 radical (unpaired) electrons. The monoisotopic (exact) mass is 547 g/mol. The molecular formula is C29H29N3O8. The van der Waals surface area contributed by atoms with Crippen LogP contribution in [0.2, 0.25) is 0 Å². The molecule has 208 valence electrons. The highest BCUT2D eigenvalue weighted by Gasteiger charge is 2.69. The van der Waals surface area contributed by atoms with E-state index in [1.165, 1.54) is 25.1 Å². The fraction of sp³-hybridized carbons (Fsp3) is 0.379. The molecule has 40 heavy (non-hydrogen) atoms. The Morgan fingerprint density at radius 3 is 2.35 bits per heavy atom. The molecule has 3 aliphatic carbocycles. The van der Waals surface area contributed by atoms with Crippen LogP contribution < -0.4 is 11.1 Å². The lowest BCUT2D eigenvalue weighted by Gasteiger charge is -2.52. The summed E-state index contributed by atoms with van der Waals surface area (Å²) in [6.07, 6.45) is 0.0755. The molecule has 11 heteroatoms. The molecule has 0 aromatic heterocycles. The topological polar surface area (TPSA) is 184 Å². The average Bonchev–Trinajstić information content (AvgIpc) is 2.90.